The van der Waals surface area contributed by atoms with Gasteiger partial charge in [0.1, 0.15) is 5.75 Å². The molecule has 0 heterocycles. The van der Waals surface area contributed by atoms with Crippen molar-refractivity contribution in [1.29, 1.82) is 0 Å². The normalized spacial score (nSPS) is 11.0. The average Bonchev–Trinajstić information content (AvgIpc) is 2.69. The molecule has 2 aromatic rings. The maximum absolute atomic E-state index is 6.14. The van der Waals surface area contributed by atoms with E-state index in [9.17, 15) is 0 Å². The van der Waals surface area contributed by atoms with E-state index in [-0.39, 0.29) is 0 Å². The molecule has 0 aliphatic heterocycles. The molecule has 0 bridgehead atoms. The molecule has 0 saturated heterocycles. The number of hydrogen-bond acceptors (Lipinski definition) is 3. The predicted octanol–water partition coefficient (Wildman–Crippen LogP) is 6.49. The molecule has 154 valence electrons. The molecule has 6 heteroatoms. The third kappa shape index (κ3) is 8.59. The summed E-state index contributed by atoms with van der Waals surface area (Å²) in [5.41, 5.74) is 2.34. The molecule has 0 spiro atoms. The van der Waals surface area contributed by atoms with Gasteiger partial charge in [-0.05, 0) is 61.3 Å². The highest BCUT2D eigenvalue weighted by Gasteiger charge is 2.02. The summed E-state index contributed by atoms with van der Waals surface area (Å²) >= 11 is 18.1. The van der Waals surface area contributed by atoms with Gasteiger partial charge in [-0.3, -0.25) is 0 Å². The third-order valence-electron chi connectivity index (χ3n) is 4.57. The second kappa shape index (κ2) is 13.3. The molecule has 2 rings (SSSR count). The van der Waals surface area contributed by atoms with Gasteiger partial charge < -0.3 is 15.4 Å². The van der Waals surface area contributed by atoms with Gasteiger partial charge in [0.25, 0.3) is 0 Å². The van der Waals surface area contributed by atoms with E-state index in [1.807, 2.05) is 36.4 Å². The number of ether oxygens (including phenoxy) is 1. The second-order valence-corrected chi connectivity index (χ2v) is 8.06. The molecule has 0 aromatic heterocycles. The van der Waals surface area contributed by atoms with Gasteiger partial charge in [-0.1, -0.05) is 66.2 Å². The fourth-order valence-corrected chi connectivity index (χ4v) is 3.57. The standard InChI is InChI=1S/C22H29Cl3N2O/c1-28-22-10-8-18(14-21(22)25)16-27-12-6-4-2-3-5-11-26-15-17-7-9-19(23)20(24)13-17/h7-10,13-14,26-27H,2-6,11-12,15-16H2,1H3. The van der Waals surface area contributed by atoms with Crippen LogP contribution in [0.3, 0.4) is 0 Å². The van der Waals surface area contributed by atoms with Crippen molar-refractivity contribution < 1.29 is 4.74 Å². The van der Waals surface area contributed by atoms with E-state index in [0.717, 1.165) is 31.9 Å². The largest absolute Gasteiger partial charge is 0.495 e. The number of benzene rings is 2. The van der Waals surface area contributed by atoms with Gasteiger partial charge in [-0.25, -0.2) is 0 Å². The highest BCUT2D eigenvalue weighted by molar-refractivity contribution is 6.42. The fourth-order valence-electron chi connectivity index (χ4n) is 2.97. The van der Waals surface area contributed by atoms with Gasteiger partial charge in [0.05, 0.1) is 22.2 Å². The number of unbranched alkanes of at least 4 members (excludes halogenated alkanes) is 4. The van der Waals surface area contributed by atoms with Crippen molar-refractivity contribution in [3.63, 3.8) is 0 Å². The van der Waals surface area contributed by atoms with Crippen LogP contribution in [-0.2, 0) is 13.1 Å². The molecule has 0 aliphatic rings. The zero-order chi connectivity index (χ0) is 20.2. The summed E-state index contributed by atoms with van der Waals surface area (Å²) in [4.78, 5) is 0. The monoisotopic (exact) mass is 442 g/mol. The van der Waals surface area contributed by atoms with Crippen molar-refractivity contribution >= 4 is 34.8 Å². The topological polar surface area (TPSA) is 33.3 Å². The van der Waals surface area contributed by atoms with E-state index in [2.05, 4.69) is 10.6 Å². The maximum Gasteiger partial charge on any atom is 0.137 e. The van der Waals surface area contributed by atoms with E-state index < -0.39 is 0 Å². The van der Waals surface area contributed by atoms with Crippen LogP contribution in [0.25, 0.3) is 0 Å². The van der Waals surface area contributed by atoms with Crippen LogP contribution in [0.4, 0.5) is 0 Å². The smallest absolute Gasteiger partial charge is 0.137 e. The van der Waals surface area contributed by atoms with Crippen molar-refractivity contribution in [2.45, 2.75) is 45.2 Å². The van der Waals surface area contributed by atoms with E-state index in [4.69, 9.17) is 39.5 Å². The molecule has 3 nitrogen and oxygen atoms in total. The summed E-state index contributed by atoms with van der Waals surface area (Å²) in [6.45, 7) is 3.72. The van der Waals surface area contributed by atoms with Crippen molar-refractivity contribution in [2.75, 3.05) is 20.2 Å². The Kier molecular flexibility index (Phi) is 11.1. The van der Waals surface area contributed by atoms with E-state index in [0.29, 0.717) is 15.1 Å². The minimum absolute atomic E-state index is 0.604. The molecule has 0 atom stereocenters. The first kappa shape index (κ1) is 23.3. The summed E-state index contributed by atoms with van der Waals surface area (Å²) in [7, 11) is 1.63. The van der Waals surface area contributed by atoms with Crippen LogP contribution in [0.5, 0.6) is 5.75 Å². The lowest BCUT2D eigenvalue weighted by atomic mass is 10.1. The molecule has 0 amide bonds. The highest BCUT2D eigenvalue weighted by atomic mass is 35.5. The lowest BCUT2D eigenvalue weighted by molar-refractivity contribution is 0.415. The molecule has 28 heavy (non-hydrogen) atoms. The Morgan fingerprint density at radius 2 is 1.21 bits per heavy atom. The average molecular weight is 444 g/mol. The Hall–Kier alpha value is -0.970. The SMILES string of the molecule is COc1ccc(CNCCCCCCCNCc2ccc(Cl)c(Cl)c2)cc1Cl. The van der Waals surface area contributed by atoms with E-state index in [1.165, 1.54) is 43.2 Å². The van der Waals surface area contributed by atoms with E-state index >= 15 is 0 Å². The number of rotatable bonds is 13. The molecular formula is C22H29Cl3N2O. The first-order valence-electron chi connectivity index (χ1n) is 9.78. The van der Waals surface area contributed by atoms with Crippen LogP contribution < -0.4 is 15.4 Å². The Morgan fingerprint density at radius 3 is 1.75 bits per heavy atom. The van der Waals surface area contributed by atoms with Gasteiger partial charge in [0.15, 0.2) is 0 Å². The van der Waals surface area contributed by atoms with Gasteiger partial charge in [0.2, 0.25) is 0 Å². The Balaban J connectivity index is 1.43. The number of nitrogens with one attached hydrogen (secondary N) is 2. The molecule has 0 fully saturated rings. The van der Waals surface area contributed by atoms with Crippen molar-refractivity contribution in [3.8, 4) is 5.75 Å². The zero-order valence-corrected chi connectivity index (χ0v) is 18.6. The first-order chi connectivity index (χ1) is 13.6. The van der Waals surface area contributed by atoms with Gasteiger partial charge in [-0.2, -0.15) is 0 Å². The molecule has 2 N–H and O–H groups in total. The van der Waals surface area contributed by atoms with Gasteiger partial charge >= 0.3 is 0 Å². The summed E-state index contributed by atoms with van der Waals surface area (Å²) in [6.07, 6.45) is 6.16. The zero-order valence-electron chi connectivity index (χ0n) is 16.4. The Bertz CT molecular complexity index is 725. The predicted molar refractivity (Wildman–Crippen MR) is 121 cm³/mol. The van der Waals surface area contributed by atoms with Gasteiger partial charge in [-0.15, -0.1) is 0 Å². The van der Waals surface area contributed by atoms with Crippen LogP contribution >= 0.6 is 34.8 Å². The Morgan fingerprint density at radius 1 is 0.679 bits per heavy atom. The first-order valence-corrected chi connectivity index (χ1v) is 10.9. The molecule has 0 unspecified atom stereocenters. The number of methoxy groups -OCH3 is 1. The molecule has 0 saturated carbocycles. The molecular weight excluding hydrogens is 415 g/mol. The van der Waals surface area contributed by atoms with Crippen molar-refractivity contribution in [1.82, 2.24) is 10.6 Å². The minimum Gasteiger partial charge on any atom is -0.495 e. The van der Waals surface area contributed by atoms with Crippen molar-refractivity contribution in [2.24, 2.45) is 0 Å². The summed E-state index contributed by atoms with van der Waals surface area (Å²) in [5.74, 6) is 0.719. The molecule has 0 radical (unpaired) electrons. The lowest BCUT2D eigenvalue weighted by Crippen LogP contribution is -2.15. The fraction of sp³-hybridized carbons (Fsp3) is 0.455. The molecule has 0 aliphatic carbocycles. The quantitative estimate of drug-likeness (QED) is 0.347. The summed E-state index contributed by atoms with van der Waals surface area (Å²) in [6, 6.07) is 11.7. The van der Waals surface area contributed by atoms with E-state index in [1.54, 1.807) is 7.11 Å². The third-order valence-corrected chi connectivity index (χ3v) is 5.60. The Labute approximate surface area is 183 Å². The van der Waals surface area contributed by atoms with Crippen LogP contribution in [-0.4, -0.2) is 20.2 Å². The van der Waals surface area contributed by atoms with Crippen LogP contribution in [0.15, 0.2) is 36.4 Å². The summed E-state index contributed by atoms with van der Waals surface area (Å²) < 4.78 is 5.17. The second-order valence-electron chi connectivity index (χ2n) is 6.84. The maximum atomic E-state index is 6.14. The lowest BCUT2D eigenvalue weighted by Gasteiger charge is -2.08. The highest BCUT2D eigenvalue weighted by Crippen LogP contribution is 2.25. The van der Waals surface area contributed by atoms with Crippen LogP contribution in [0, 0.1) is 0 Å². The van der Waals surface area contributed by atoms with Crippen LogP contribution in [0.2, 0.25) is 15.1 Å². The van der Waals surface area contributed by atoms with Crippen LogP contribution in [0.1, 0.15) is 43.2 Å². The van der Waals surface area contributed by atoms with Crippen molar-refractivity contribution in [3.05, 3.63) is 62.6 Å². The minimum atomic E-state index is 0.604. The summed E-state index contributed by atoms with van der Waals surface area (Å²) in [5, 5.41) is 8.81. The number of halogens is 3. The molecule has 2 aromatic carbocycles. The van der Waals surface area contributed by atoms with Gasteiger partial charge in [0, 0.05) is 13.1 Å². The number of hydrogen-bond donors (Lipinski definition) is 2.